The SMILES string of the molecule is Cn1ccnc1COc1ccc2c(-c3ccccc3)noc2n1. The minimum absolute atomic E-state index is 0.349. The second-order valence-electron chi connectivity index (χ2n) is 5.14. The second kappa shape index (κ2) is 5.57. The lowest BCUT2D eigenvalue weighted by Crippen LogP contribution is -2.03. The normalized spacial score (nSPS) is 11.0. The molecule has 4 aromatic rings. The van der Waals surface area contributed by atoms with E-state index < -0.39 is 0 Å². The van der Waals surface area contributed by atoms with Gasteiger partial charge in [-0.3, -0.25) is 0 Å². The van der Waals surface area contributed by atoms with E-state index in [1.54, 1.807) is 6.20 Å². The van der Waals surface area contributed by atoms with Crippen LogP contribution in [0, 0.1) is 0 Å². The van der Waals surface area contributed by atoms with Gasteiger partial charge in [0.15, 0.2) is 0 Å². The first kappa shape index (κ1) is 13.5. The maximum atomic E-state index is 5.67. The molecule has 0 aliphatic heterocycles. The van der Waals surface area contributed by atoms with E-state index in [0.29, 0.717) is 18.2 Å². The van der Waals surface area contributed by atoms with E-state index in [1.165, 1.54) is 0 Å². The maximum Gasteiger partial charge on any atom is 0.261 e. The van der Waals surface area contributed by atoms with Gasteiger partial charge in [-0.2, -0.15) is 4.98 Å². The molecule has 0 bridgehead atoms. The van der Waals surface area contributed by atoms with Gasteiger partial charge in [0.2, 0.25) is 5.88 Å². The lowest BCUT2D eigenvalue weighted by molar-refractivity contribution is 0.279. The lowest BCUT2D eigenvalue weighted by Gasteiger charge is -2.04. The van der Waals surface area contributed by atoms with Crippen molar-refractivity contribution in [3.63, 3.8) is 0 Å². The number of rotatable bonds is 4. The Balaban J connectivity index is 1.61. The van der Waals surface area contributed by atoms with Crippen molar-refractivity contribution in [2.75, 3.05) is 0 Å². The van der Waals surface area contributed by atoms with Crippen molar-refractivity contribution in [3.8, 4) is 17.1 Å². The van der Waals surface area contributed by atoms with Crippen molar-refractivity contribution in [3.05, 3.63) is 60.7 Å². The van der Waals surface area contributed by atoms with E-state index in [0.717, 1.165) is 22.5 Å². The molecule has 0 aliphatic carbocycles. The maximum absolute atomic E-state index is 5.67. The Morgan fingerprint density at radius 3 is 2.78 bits per heavy atom. The average molecular weight is 306 g/mol. The van der Waals surface area contributed by atoms with E-state index in [9.17, 15) is 0 Å². The number of aromatic nitrogens is 4. The summed E-state index contributed by atoms with van der Waals surface area (Å²) in [5.41, 5.74) is 2.24. The molecule has 6 nitrogen and oxygen atoms in total. The topological polar surface area (TPSA) is 66.0 Å². The zero-order valence-electron chi connectivity index (χ0n) is 12.5. The van der Waals surface area contributed by atoms with E-state index in [1.807, 2.05) is 60.3 Å². The first-order valence-corrected chi connectivity index (χ1v) is 7.22. The zero-order valence-corrected chi connectivity index (χ0v) is 12.5. The third-order valence-corrected chi connectivity index (χ3v) is 3.63. The van der Waals surface area contributed by atoms with Crippen LogP contribution in [0.25, 0.3) is 22.4 Å². The van der Waals surface area contributed by atoms with Crippen LogP contribution in [0.5, 0.6) is 5.88 Å². The smallest absolute Gasteiger partial charge is 0.261 e. The van der Waals surface area contributed by atoms with Gasteiger partial charge in [-0.15, -0.1) is 0 Å². The van der Waals surface area contributed by atoms with Gasteiger partial charge in [-0.05, 0) is 6.07 Å². The Kier molecular flexibility index (Phi) is 3.27. The molecule has 114 valence electrons. The Morgan fingerprint density at radius 1 is 1.13 bits per heavy atom. The molecule has 6 heteroatoms. The number of pyridine rings is 1. The third kappa shape index (κ3) is 2.55. The molecular formula is C17H14N4O2. The highest BCUT2D eigenvalue weighted by atomic mass is 16.5. The minimum atomic E-state index is 0.349. The zero-order chi connectivity index (χ0) is 15.6. The summed E-state index contributed by atoms with van der Waals surface area (Å²) < 4.78 is 12.9. The van der Waals surface area contributed by atoms with Crippen LogP contribution in [0.4, 0.5) is 0 Å². The fourth-order valence-electron chi connectivity index (χ4n) is 2.37. The molecule has 3 aromatic heterocycles. The Bertz CT molecular complexity index is 944. The van der Waals surface area contributed by atoms with Gasteiger partial charge in [0.05, 0.1) is 5.39 Å². The van der Waals surface area contributed by atoms with Gasteiger partial charge in [0.25, 0.3) is 5.71 Å². The van der Waals surface area contributed by atoms with E-state index in [4.69, 9.17) is 9.26 Å². The van der Waals surface area contributed by atoms with E-state index in [-0.39, 0.29) is 0 Å². The molecular weight excluding hydrogens is 292 g/mol. The second-order valence-corrected chi connectivity index (χ2v) is 5.14. The summed E-state index contributed by atoms with van der Waals surface area (Å²) in [4.78, 5) is 8.57. The van der Waals surface area contributed by atoms with Gasteiger partial charge in [-0.1, -0.05) is 35.5 Å². The number of nitrogens with zero attached hydrogens (tertiary/aromatic N) is 4. The monoisotopic (exact) mass is 306 g/mol. The van der Waals surface area contributed by atoms with Crippen molar-refractivity contribution < 1.29 is 9.26 Å². The highest BCUT2D eigenvalue weighted by Crippen LogP contribution is 2.28. The molecule has 0 spiro atoms. The van der Waals surface area contributed by atoms with Crippen LogP contribution in [0.15, 0.2) is 59.4 Å². The van der Waals surface area contributed by atoms with Crippen LogP contribution in [0.2, 0.25) is 0 Å². The van der Waals surface area contributed by atoms with Crippen molar-refractivity contribution in [1.29, 1.82) is 0 Å². The number of ether oxygens (including phenoxy) is 1. The summed E-state index contributed by atoms with van der Waals surface area (Å²) in [5, 5.41) is 4.98. The molecule has 4 rings (SSSR count). The summed E-state index contributed by atoms with van der Waals surface area (Å²) >= 11 is 0. The number of aryl methyl sites for hydroxylation is 1. The molecule has 0 aliphatic rings. The van der Waals surface area contributed by atoms with Gasteiger partial charge in [0.1, 0.15) is 18.1 Å². The first-order valence-electron chi connectivity index (χ1n) is 7.22. The largest absolute Gasteiger partial charge is 0.469 e. The predicted molar refractivity (Wildman–Crippen MR) is 84.8 cm³/mol. The Hall–Kier alpha value is -3.15. The lowest BCUT2D eigenvalue weighted by atomic mass is 10.1. The molecule has 0 unspecified atom stereocenters. The highest BCUT2D eigenvalue weighted by Gasteiger charge is 2.12. The number of hydrogen-bond donors (Lipinski definition) is 0. The summed E-state index contributed by atoms with van der Waals surface area (Å²) in [6.07, 6.45) is 3.61. The summed E-state index contributed by atoms with van der Waals surface area (Å²) in [6, 6.07) is 13.6. The molecule has 0 amide bonds. The minimum Gasteiger partial charge on any atom is -0.469 e. The summed E-state index contributed by atoms with van der Waals surface area (Å²) in [6.45, 7) is 0.349. The van der Waals surface area contributed by atoms with Crippen molar-refractivity contribution in [2.24, 2.45) is 7.05 Å². The summed E-state index contributed by atoms with van der Waals surface area (Å²) in [7, 11) is 1.92. The van der Waals surface area contributed by atoms with E-state index >= 15 is 0 Å². The molecule has 1 aromatic carbocycles. The van der Waals surface area contributed by atoms with Crippen LogP contribution >= 0.6 is 0 Å². The van der Waals surface area contributed by atoms with E-state index in [2.05, 4.69) is 15.1 Å². The predicted octanol–water partition coefficient (Wildman–Crippen LogP) is 3.20. The third-order valence-electron chi connectivity index (χ3n) is 3.63. The molecule has 0 saturated heterocycles. The first-order chi connectivity index (χ1) is 11.3. The van der Waals surface area contributed by atoms with Crippen LogP contribution in [0.1, 0.15) is 5.82 Å². The van der Waals surface area contributed by atoms with Crippen LogP contribution in [0.3, 0.4) is 0 Å². The van der Waals surface area contributed by atoms with Crippen molar-refractivity contribution >= 4 is 11.1 Å². The van der Waals surface area contributed by atoms with Crippen LogP contribution < -0.4 is 4.74 Å². The van der Waals surface area contributed by atoms with Crippen LogP contribution in [-0.4, -0.2) is 19.7 Å². The van der Waals surface area contributed by atoms with Gasteiger partial charge in [0, 0.05) is 31.1 Å². The average Bonchev–Trinajstić information content (AvgIpc) is 3.19. The molecule has 23 heavy (non-hydrogen) atoms. The Morgan fingerprint density at radius 2 is 2.00 bits per heavy atom. The number of benzene rings is 1. The number of hydrogen-bond acceptors (Lipinski definition) is 5. The molecule has 0 fully saturated rings. The van der Waals surface area contributed by atoms with Crippen molar-refractivity contribution in [1.82, 2.24) is 19.7 Å². The Labute approximate surface area is 132 Å². The molecule has 0 radical (unpaired) electrons. The standard InChI is InChI=1S/C17H14N4O2/c1-21-10-9-18-14(21)11-22-15-8-7-13-16(20-23-17(13)19-15)12-5-3-2-4-6-12/h2-10H,11H2,1H3. The van der Waals surface area contributed by atoms with Gasteiger partial charge >= 0.3 is 0 Å². The molecule has 0 saturated carbocycles. The fourth-order valence-corrected chi connectivity index (χ4v) is 2.37. The number of imidazole rings is 1. The number of fused-ring (bicyclic) bond motifs is 1. The highest BCUT2D eigenvalue weighted by molar-refractivity contribution is 5.89. The van der Waals surface area contributed by atoms with Crippen molar-refractivity contribution in [2.45, 2.75) is 6.61 Å². The van der Waals surface area contributed by atoms with Gasteiger partial charge < -0.3 is 13.8 Å². The van der Waals surface area contributed by atoms with Gasteiger partial charge in [-0.25, -0.2) is 4.98 Å². The van der Waals surface area contributed by atoms with Crippen LogP contribution in [-0.2, 0) is 13.7 Å². The molecule has 0 N–H and O–H groups in total. The fraction of sp³-hybridized carbons (Fsp3) is 0.118. The summed E-state index contributed by atoms with van der Waals surface area (Å²) in [5.74, 6) is 1.31. The quantitative estimate of drug-likeness (QED) is 0.579. The molecule has 0 atom stereocenters. The molecule has 3 heterocycles.